The Balaban J connectivity index is 1.90. The van der Waals surface area contributed by atoms with Gasteiger partial charge in [0.2, 0.25) is 11.9 Å². The average molecular weight is 416 g/mol. The summed E-state index contributed by atoms with van der Waals surface area (Å²) >= 11 is 0. The number of hydrogen-bond donors (Lipinski definition) is 4. The molecule has 3 aromatic rings. The number of amides is 1. The van der Waals surface area contributed by atoms with Crippen molar-refractivity contribution in [3.05, 3.63) is 50.7 Å². The van der Waals surface area contributed by atoms with Crippen LogP contribution in [0.15, 0.2) is 33.9 Å². The molecule has 1 aromatic carbocycles. The smallest absolute Gasteiger partial charge is 0.329 e. The van der Waals surface area contributed by atoms with Gasteiger partial charge in [0.15, 0.2) is 11.2 Å². The Kier molecular flexibility index (Phi) is 6.21. The minimum Gasteiger partial charge on any atom is -0.491 e. The van der Waals surface area contributed by atoms with Crippen LogP contribution in [0, 0.1) is 6.92 Å². The number of imidazole rings is 1. The molecule has 11 heteroatoms. The summed E-state index contributed by atoms with van der Waals surface area (Å²) in [6.07, 6.45) is -0.987. The van der Waals surface area contributed by atoms with Crippen LogP contribution in [0.5, 0.6) is 5.75 Å². The number of carbonyl (C=O) groups is 1. The lowest BCUT2D eigenvalue weighted by molar-refractivity contribution is -0.118. The standard InChI is InChI=1S/C19H24N6O5/c1-11-6-4-5-7-13(11)30-10-12(26)9-25-15-16(24(3)19(29)23-17(15)28)22-18(25)21-8-14(27)20-2/h4-7,12,26H,8-10H2,1-3H3,(H,20,27)(H,21,22)(H,23,28,29)/t12-/m0/s1. The number of benzene rings is 1. The fourth-order valence-electron chi connectivity index (χ4n) is 2.96. The Labute approximate surface area is 171 Å². The average Bonchev–Trinajstić information content (AvgIpc) is 3.08. The van der Waals surface area contributed by atoms with Crippen molar-refractivity contribution in [2.75, 3.05) is 25.5 Å². The second-order valence-electron chi connectivity index (χ2n) is 6.79. The van der Waals surface area contributed by atoms with Crippen molar-refractivity contribution in [2.24, 2.45) is 7.05 Å². The first-order valence-electron chi connectivity index (χ1n) is 9.32. The molecular weight excluding hydrogens is 392 g/mol. The topological polar surface area (TPSA) is 143 Å². The lowest BCUT2D eigenvalue weighted by Crippen LogP contribution is -2.31. The molecular formula is C19H24N6O5. The second kappa shape index (κ2) is 8.82. The number of H-pyrrole nitrogens is 1. The predicted molar refractivity (Wildman–Crippen MR) is 111 cm³/mol. The molecule has 2 aromatic heterocycles. The Hall–Kier alpha value is -3.60. The number of hydrogen-bond acceptors (Lipinski definition) is 7. The van der Waals surface area contributed by atoms with E-state index in [1.807, 2.05) is 25.1 Å². The molecule has 0 radical (unpaired) electrons. The van der Waals surface area contributed by atoms with Gasteiger partial charge in [-0.15, -0.1) is 0 Å². The van der Waals surface area contributed by atoms with E-state index in [2.05, 4.69) is 20.6 Å². The zero-order valence-corrected chi connectivity index (χ0v) is 16.9. The highest BCUT2D eigenvalue weighted by Gasteiger charge is 2.20. The van der Waals surface area contributed by atoms with Gasteiger partial charge in [0.1, 0.15) is 18.5 Å². The number of aromatic amines is 1. The third kappa shape index (κ3) is 4.35. The minimum atomic E-state index is -0.987. The van der Waals surface area contributed by atoms with Crippen molar-refractivity contribution < 1.29 is 14.6 Å². The first-order chi connectivity index (χ1) is 14.3. The largest absolute Gasteiger partial charge is 0.491 e. The van der Waals surface area contributed by atoms with Gasteiger partial charge in [-0.2, -0.15) is 4.98 Å². The van der Waals surface area contributed by atoms with Crippen LogP contribution in [0.1, 0.15) is 5.56 Å². The van der Waals surface area contributed by atoms with E-state index in [9.17, 15) is 19.5 Å². The molecule has 0 aliphatic rings. The van der Waals surface area contributed by atoms with Crippen LogP contribution >= 0.6 is 0 Å². The number of aliphatic hydroxyl groups excluding tert-OH is 1. The van der Waals surface area contributed by atoms with Gasteiger partial charge in [0.05, 0.1) is 13.1 Å². The number of para-hydroxylation sites is 1. The number of nitrogens with one attached hydrogen (secondary N) is 3. The molecule has 11 nitrogen and oxygen atoms in total. The molecule has 0 aliphatic heterocycles. The van der Waals surface area contributed by atoms with E-state index >= 15 is 0 Å². The summed E-state index contributed by atoms with van der Waals surface area (Å²) in [5.41, 5.74) is -0.0853. The highest BCUT2D eigenvalue weighted by molar-refractivity contribution is 5.81. The Bertz CT molecular complexity index is 1180. The summed E-state index contributed by atoms with van der Waals surface area (Å²) in [5, 5.41) is 15.8. The van der Waals surface area contributed by atoms with Crippen LogP contribution in [-0.4, -0.2) is 56.4 Å². The van der Waals surface area contributed by atoms with Crippen LogP contribution in [-0.2, 0) is 18.4 Å². The fraction of sp³-hybridized carbons (Fsp3) is 0.368. The zero-order chi connectivity index (χ0) is 21.8. The summed E-state index contributed by atoms with van der Waals surface area (Å²) in [5.74, 6) is 0.528. The Morgan fingerprint density at radius 3 is 2.77 bits per heavy atom. The van der Waals surface area contributed by atoms with Gasteiger partial charge in [-0.25, -0.2) is 4.79 Å². The summed E-state index contributed by atoms with van der Waals surface area (Å²) in [4.78, 5) is 42.5. The van der Waals surface area contributed by atoms with E-state index in [0.717, 1.165) is 5.56 Å². The Morgan fingerprint density at radius 1 is 1.33 bits per heavy atom. The molecule has 0 bridgehead atoms. The van der Waals surface area contributed by atoms with E-state index in [1.165, 1.54) is 23.2 Å². The molecule has 1 amide bonds. The summed E-state index contributed by atoms with van der Waals surface area (Å²) < 4.78 is 8.30. The first kappa shape index (κ1) is 21.1. The van der Waals surface area contributed by atoms with Crippen molar-refractivity contribution in [2.45, 2.75) is 19.6 Å². The third-order valence-electron chi connectivity index (χ3n) is 4.61. The minimum absolute atomic E-state index is 0.0247. The maximum Gasteiger partial charge on any atom is 0.329 e. The number of aliphatic hydroxyl groups is 1. The van der Waals surface area contributed by atoms with Crippen molar-refractivity contribution >= 4 is 23.0 Å². The van der Waals surface area contributed by atoms with Crippen LogP contribution < -0.4 is 26.6 Å². The van der Waals surface area contributed by atoms with Crippen LogP contribution in [0.2, 0.25) is 0 Å². The predicted octanol–water partition coefficient (Wildman–Crippen LogP) is -0.670. The third-order valence-corrected chi connectivity index (χ3v) is 4.61. The number of fused-ring (bicyclic) bond motifs is 1. The molecule has 4 N–H and O–H groups in total. The number of rotatable bonds is 8. The number of aryl methyl sites for hydroxylation is 2. The molecule has 2 heterocycles. The van der Waals surface area contributed by atoms with Gasteiger partial charge in [-0.05, 0) is 18.6 Å². The van der Waals surface area contributed by atoms with E-state index < -0.39 is 17.4 Å². The number of ether oxygens (including phenoxy) is 1. The SMILES string of the molecule is CNC(=O)CNc1nc2c(c(=O)[nH]c(=O)n2C)n1C[C@H](O)COc1ccccc1C. The van der Waals surface area contributed by atoms with Crippen molar-refractivity contribution in [1.82, 2.24) is 24.4 Å². The number of likely N-dealkylation sites (N-methyl/N-ethyl adjacent to an activating group) is 1. The zero-order valence-electron chi connectivity index (χ0n) is 16.9. The number of aromatic nitrogens is 4. The molecule has 0 fully saturated rings. The van der Waals surface area contributed by atoms with Crippen molar-refractivity contribution in [1.29, 1.82) is 0 Å². The monoisotopic (exact) mass is 416 g/mol. The van der Waals surface area contributed by atoms with Crippen LogP contribution in [0.4, 0.5) is 5.95 Å². The Morgan fingerprint density at radius 2 is 2.07 bits per heavy atom. The summed E-state index contributed by atoms with van der Waals surface area (Å²) in [6.45, 7) is 1.73. The maximum atomic E-state index is 12.4. The molecule has 0 unspecified atom stereocenters. The van der Waals surface area contributed by atoms with E-state index in [4.69, 9.17) is 4.74 Å². The van der Waals surface area contributed by atoms with Gasteiger partial charge >= 0.3 is 5.69 Å². The summed E-state index contributed by atoms with van der Waals surface area (Å²) in [6, 6.07) is 7.41. The summed E-state index contributed by atoms with van der Waals surface area (Å²) in [7, 11) is 2.96. The van der Waals surface area contributed by atoms with Crippen LogP contribution in [0.25, 0.3) is 11.2 Å². The van der Waals surface area contributed by atoms with E-state index in [0.29, 0.717) is 5.75 Å². The lowest BCUT2D eigenvalue weighted by Gasteiger charge is -2.16. The first-order valence-corrected chi connectivity index (χ1v) is 9.32. The quantitative estimate of drug-likeness (QED) is 0.381. The van der Waals surface area contributed by atoms with E-state index in [1.54, 1.807) is 6.07 Å². The highest BCUT2D eigenvalue weighted by Crippen LogP contribution is 2.18. The van der Waals surface area contributed by atoms with Crippen molar-refractivity contribution in [3.63, 3.8) is 0 Å². The van der Waals surface area contributed by atoms with Gasteiger partial charge in [-0.3, -0.25) is 19.1 Å². The number of anilines is 1. The molecule has 160 valence electrons. The lowest BCUT2D eigenvalue weighted by atomic mass is 10.2. The van der Waals surface area contributed by atoms with Gasteiger partial charge < -0.3 is 25.0 Å². The number of carbonyl (C=O) groups excluding carboxylic acids is 1. The normalized spacial score (nSPS) is 12.0. The van der Waals surface area contributed by atoms with Crippen molar-refractivity contribution in [3.8, 4) is 5.75 Å². The van der Waals surface area contributed by atoms with Gasteiger partial charge in [0, 0.05) is 14.1 Å². The van der Waals surface area contributed by atoms with E-state index in [-0.39, 0.29) is 42.7 Å². The number of nitrogens with zero attached hydrogens (tertiary/aromatic N) is 3. The molecule has 3 rings (SSSR count). The fourth-order valence-corrected chi connectivity index (χ4v) is 2.96. The molecule has 0 saturated carbocycles. The highest BCUT2D eigenvalue weighted by atomic mass is 16.5. The molecule has 0 aliphatic carbocycles. The second-order valence-corrected chi connectivity index (χ2v) is 6.79. The molecule has 1 atom stereocenters. The molecule has 0 saturated heterocycles. The van der Waals surface area contributed by atoms with Gasteiger partial charge in [-0.1, -0.05) is 18.2 Å². The van der Waals surface area contributed by atoms with Crippen LogP contribution in [0.3, 0.4) is 0 Å². The van der Waals surface area contributed by atoms with Gasteiger partial charge in [0.25, 0.3) is 5.56 Å². The molecule has 0 spiro atoms. The molecule has 30 heavy (non-hydrogen) atoms. The maximum absolute atomic E-state index is 12.4.